The van der Waals surface area contributed by atoms with Crippen LogP contribution in [0.1, 0.15) is 1.43 Å². The van der Waals surface area contributed by atoms with Gasteiger partial charge in [0.15, 0.2) is 0 Å². The molecule has 0 nitrogen and oxygen atoms in total. The molecule has 7 heavy (non-hydrogen) atoms. The van der Waals surface area contributed by atoms with Crippen molar-refractivity contribution in [2.24, 2.45) is 0 Å². The molecule has 1 heteroatoms. The van der Waals surface area contributed by atoms with Crippen LogP contribution in [0.15, 0.2) is 30.3 Å². The maximum atomic E-state index is 2.89. The summed E-state index contributed by atoms with van der Waals surface area (Å²) < 4.78 is 0. The molecule has 1 rings (SSSR count). The van der Waals surface area contributed by atoms with Gasteiger partial charge in [-0.15, -0.1) is 0 Å². The van der Waals surface area contributed by atoms with E-state index in [1.165, 1.54) is 0 Å². The van der Waals surface area contributed by atoms with Gasteiger partial charge in [0, 0.05) is 0 Å². The van der Waals surface area contributed by atoms with Gasteiger partial charge in [0.05, 0.1) is 0 Å². The maximum absolute atomic E-state index is 2.89. The minimum Gasteiger partial charge on any atom is -1.00 e. The van der Waals surface area contributed by atoms with Crippen molar-refractivity contribution in [1.82, 2.24) is 0 Å². The van der Waals surface area contributed by atoms with E-state index in [9.17, 15) is 0 Å². The van der Waals surface area contributed by atoms with E-state index in [2.05, 4.69) is 6.07 Å². The van der Waals surface area contributed by atoms with Crippen LogP contribution < -0.4 is 0 Å². The van der Waals surface area contributed by atoms with Crippen LogP contribution >= 0.6 is 0 Å². The largest absolute Gasteiger partial charge is 2.00 e. The van der Waals surface area contributed by atoms with E-state index in [1.54, 1.807) is 0 Å². The first kappa shape index (κ1) is 7.48. The fourth-order valence-electron chi connectivity index (χ4n) is 0.342. The van der Waals surface area contributed by atoms with Gasteiger partial charge in [-0.3, -0.25) is 0 Å². The molecule has 0 radical (unpaired) electrons. The fraction of sp³-hybridized carbons (Fsp3) is 0. The first-order valence-corrected chi connectivity index (χ1v) is 1.91. The Morgan fingerprint density at radius 1 is 1.00 bits per heavy atom. The first-order chi connectivity index (χ1) is 3.00. The summed E-state index contributed by atoms with van der Waals surface area (Å²) in [6.45, 7) is 0. The van der Waals surface area contributed by atoms with E-state index in [0.29, 0.717) is 0 Å². The van der Waals surface area contributed by atoms with E-state index >= 15 is 0 Å². The average Bonchev–Trinajstić information content (AvgIpc) is 1.72. The molecule has 0 spiro atoms. The number of hydrogen-bond acceptors (Lipinski definition) is 0. The van der Waals surface area contributed by atoms with E-state index in [-0.39, 0.29) is 39.2 Å². The molecule has 0 atom stereocenters. The predicted molar refractivity (Wildman–Crippen MR) is 32.1 cm³/mol. The van der Waals surface area contributed by atoms with Crippen LogP contribution in [0.5, 0.6) is 0 Å². The molecule has 0 aromatic heterocycles. The Hall–Kier alpha value is 0.480. The topological polar surface area (TPSA) is 0 Å². The Balaban J connectivity index is 0. The van der Waals surface area contributed by atoms with Crippen molar-refractivity contribution in [3.05, 3.63) is 36.4 Å². The Morgan fingerprint density at radius 2 is 1.57 bits per heavy atom. The second-order valence-electron chi connectivity index (χ2n) is 1.08. The Labute approximate surface area is 75.0 Å². The van der Waals surface area contributed by atoms with Crippen molar-refractivity contribution >= 4 is 37.7 Å². The molecular weight excluding hydrogens is 112 g/mol. The minimum absolute atomic E-state index is 0. The summed E-state index contributed by atoms with van der Waals surface area (Å²) in [5.74, 6) is 0. The molecule has 0 bridgehead atoms. The quantitative estimate of drug-likeness (QED) is 0.355. The third-order valence-corrected chi connectivity index (χ3v) is 0.607. The molecule has 0 aliphatic carbocycles. The van der Waals surface area contributed by atoms with Crippen LogP contribution in [-0.4, -0.2) is 37.7 Å². The van der Waals surface area contributed by atoms with Gasteiger partial charge in [0.1, 0.15) is 0 Å². The fourth-order valence-corrected chi connectivity index (χ4v) is 0.342. The summed E-state index contributed by atoms with van der Waals surface area (Å²) in [6, 6.07) is 12.5. The van der Waals surface area contributed by atoms with Gasteiger partial charge in [0.25, 0.3) is 0 Å². The first-order valence-electron chi connectivity index (χ1n) is 1.91. The van der Waals surface area contributed by atoms with E-state index in [1.807, 2.05) is 30.3 Å². The van der Waals surface area contributed by atoms with E-state index in [4.69, 9.17) is 0 Å². The monoisotopic (exact) mass is 118 g/mol. The molecule has 0 N–H and O–H groups in total. The van der Waals surface area contributed by atoms with Crippen molar-refractivity contribution in [2.75, 3.05) is 0 Å². The van der Waals surface area contributed by atoms with Crippen LogP contribution in [0, 0.1) is 6.07 Å². The molecule has 0 aliphatic rings. The zero-order chi connectivity index (χ0) is 4.24. The minimum atomic E-state index is 0. The van der Waals surface area contributed by atoms with E-state index in [0.717, 1.165) is 0 Å². The summed E-state index contributed by atoms with van der Waals surface area (Å²) in [4.78, 5) is 0. The van der Waals surface area contributed by atoms with Crippen LogP contribution in [0.2, 0.25) is 0 Å². The van der Waals surface area contributed by atoms with Gasteiger partial charge in [-0.25, -0.2) is 0 Å². The van der Waals surface area contributed by atoms with Crippen LogP contribution in [0.4, 0.5) is 0 Å². The second kappa shape index (κ2) is 4.63. The van der Waals surface area contributed by atoms with Crippen molar-refractivity contribution in [3.63, 3.8) is 0 Å². The van der Waals surface area contributed by atoms with Gasteiger partial charge in [0.2, 0.25) is 0 Å². The van der Waals surface area contributed by atoms with Gasteiger partial charge >= 0.3 is 37.7 Å². The SMILES string of the molecule is [Ca+2].[H-].[c-]1ccccc1. The summed E-state index contributed by atoms with van der Waals surface area (Å²) in [5, 5.41) is 0. The number of rotatable bonds is 0. The smallest absolute Gasteiger partial charge is 1.00 e. The third-order valence-electron chi connectivity index (χ3n) is 0.607. The van der Waals surface area contributed by atoms with Crippen LogP contribution in [-0.2, 0) is 0 Å². The van der Waals surface area contributed by atoms with Gasteiger partial charge < -0.3 is 1.43 Å². The summed E-state index contributed by atoms with van der Waals surface area (Å²) in [7, 11) is 0. The Morgan fingerprint density at radius 3 is 1.71 bits per heavy atom. The summed E-state index contributed by atoms with van der Waals surface area (Å²) in [6.07, 6.45) is 0. The predicted octanol–water partition coefficient (Wildman–Crippen LogP) is 1.22. The van der Waals surface area contributed by atoms with Crippen molar-refractivity contribution < 1.29 is 1.43 Å². The summed E-state index contributed by atoms with van der Waals surface area (Å²) in [5.41, 5.74) is 0. The van der Waals surface area contributed by atoms with Crippen molar-refractivity contribution in [1.29, 1.82) is 0 Å². The standard InChI is InChI=1S/C6H5.Ca.H/c1-2-4-6-5-3-1;;/h1-5H;;/q-1;+2;-1. The maximum Gasteiger partial charge on any atom is 2.00 e. The Kier molecular flexibility index (Phi) is 4.95. The molecule has 1 aromatic rings. The molecule has 0 unspecified atom stereocenters. The number of hydrogen-bond donors (Lipinski definition) is 0. The molecule has 32 valence electrons. The van der Waals surface area contributed by atoms with Gasteiger partial charge in [-0.05, 0) is 0 Å². The van der Waals surface area contributed by atoms with Gasteiger partial charge in [-0.1, -0.05) is 0 Å². The van der Waals surface area contributed by atoms with Crippen LogP contribution in [0.25, 0.3) is 0 Å². The number of benzene rings is 1. The molecular formula is C6H6Ca. The molecule has 0 amide bonds. The molecule has 0 fully saturated rings. The van der Waals surface area contributed by atoms with Crippen LogP contribution in [0.3, 0.4) is 0 Å². The van der Waals surface area contributed by atoms with Gasteiger partial charge in [-0.2, -0.15) is 36.4 Å². The summed E-state index contributed by atoms with van der Waals surface area (Å²) >= 11 is 0. The average molecular weight is 118 g/mol. The molecule has 0 heterocycles. The zero-order valence-electron chi connectivity index (χ0n) is 5.09. The van der Waals surface area contributed by atoms with Crippen molar-refractivity contribution in [3.8, 4) is 0 Å². The second-order valence-corrected chi connectivity index (χ2v) is 1.08. The molecule has 1 aromatic carbocycles. The third kappa shape index (κ3) is 3.10. The zero-order valence-corrected chi connectivity index (χ0v) is 6.30. The van der Waals surface area contributed by atoms with E-state index < -0.39 is 0 Å². The normalized spacial score (nSPS) is 6.86. The molecule has 0 aliphatic heterocycles. The van der Waals surface area contributed by atoms with Crippen molar-refractivity contribution in [2.45, 2.75) is 0 Å². The molecule has 0 saturated carbocycles. The molecule has 0 saturated heterocycles. The Bertz CT molecular complexity index is 80.5.